The molecule has 0 saturated heterocycles. The molecule has 0 aliphatic heterocycles. The highest BCUT2D eigenvalue weighted by Gasteiger charge is 2.02. The molecular formula is C7H8N4O. The van der Waals surface area contributed by atoms with Crippen molar-refractivity contribution in [1.82, 2.24) is 15.4 Å². The van der Waals surface area contributed by atoms with Gasteiger partial charge in [-0.3, -0.25) is 5.10 Å². The number of anilines is 2. The van der Waals surface area contributed by atoms with Gasteiger partial charge >= 0.3 is 0 Å². The Morgan fingerprint density at radius 1 is 1.50 bits per heavy atom. The van der Waals surface area contributed by atoms with E-state index in [0.717, 1.165) is 17.1 Å². The maximum Gasteiger partial charge on any atom is 0.157 e. The zero-order valence-corrected chi connectivity index (χ0v) is 6.53. The highest BCUT2D eigenvalue weighted by atomic mass is 16.5. The Labute approximate surface area is 68.8 Å². The fourth-order valence-corrected chi connectivity index (χ4v) is 0.893. The predicted octanol–water partition coefficient (Wildman–Crippen LogP) is 1.45. The molecule has 0 unspecified atom stereocenters. The summed E-state index contributed by atoms with van der Waals surface area (Å²) in [6.45, 7) is 1.84. The van der Waals surface area contributed by atoms with Crippen LogP contribution in [-0.2, 0) is 0 Å². The lowest BCUT2D eigenvalue weighted by Crippen LogP contribution is -1.87. The van der Waals surface area contributed by atoms with Crippen molar-refractivity contribution in [2.45, 2.75) is 6.92 Å². The summed E-state index contributed by atoms with van der Waals surface area (Å²) < 4.78 is 4.87. The van der Waals surface area contributed by atoms with E-state index >= 15 is 0 Å². The number of hydrogen-bond donors (Lipinski definition) is 2. The van der Waals surface area contributed by atoms with Crippen LogP contribution in [0.25, 0.3) is 0 Å². The van der Waals surface area contributed by atoms with Gasteiger partial charge in [0, 0.05) is 6.20 Å². The van der Waals surface area contributed by atoms with Crippen molar-refractivity contribution in [1.29, 1.82) is 0 Å². The summed E-state index contributed by atoms with van der Waals surface area (Å²) in [5, 5.41) is 13.2. The van der Waals surface area contributed by atoms with Crippen LogP contribution in [0.5, 0.6) is 0 Å². The Hall–Kier alpha value is -1.78. The van der Waals surface area contributed by atoms with E-state index < -0.39 is 0 Å². The van der Waals surface area contributed by atoms with E-state index in [9.17, 15) is 0 Å². The summed E-state index contributed by atoms with van der Waals surface area (Å²) in [6, 6.07) is 0. The van der Waals surface area contributed by atoms with Gasteiger partial charge in [0.25, 0.3) is 0 Å². The largest absolute Gasteiger partial charge is 0.359 e. The molecular weight excluding hydrogens is 156 g/mol. The SMILES string of the molecule is Cc1oncc1Nc1cn[nH]c1. The molecule has 2 aromatic rings. The summed E-state index contributed by atoms with van der Waals surface area (Å²) in [7, 11) is 0. The van der Waals surface area contributed by atoms with Crippen LogP contribution in [0, 0.1) is 6.92 Å². The van der Waals surface area contributed by atoms with Crippen molar-refractivity contribution in [2.75, 3.05) is 5.32 Å². The third kappa shape index (κ3) is 1.16. The summed E-state index contributed by atoms with van der Waals surface area (Å²) in [4.78, 5) is 0. The number of aromatic nitrogens is 3. The molecule has 2 aromatic heterocycles. The predicted molar refractivity (Wildman–Crippen MR) is 43.1 cm³/mol. The second-order valence-electron chi connectivity index (χ2n) is 2.41. The molecule has 0 aromatic carbocycles. The van der Waals surface area contributed by atoms with Gasteiger partial charge in [0.05, 0.1) is 18.1 Å². The average molecular weight is 164 g/mol. The maximum atomic E-state index is 4.87. The van der Waals surface area contributed by atoms with Crippen LogP contribution in [0.3, 0.4) is 0 Å². The van der Waals surface area contributed by atoms with Crippen LogP contribution >= 0.6 is 0 Å². The molecule has 12 heavy (non-hydrogen) atoms. The topological polar surface area (TPSA) is 66.7 Å². The van der Waals surface area contributed by atoms with Gasteiger partial charge in [-0.1, -0.05) is 5.16 Å². The second kappa shape index (κ2) is 2.69. The minimum absolute atomic E-state index is 0.760. The molecule has 0 fully saturated rings. The summed E-state index contributed by atoms with van der Waals surface area (Å²) in [6.07, 6.45) is 5.07. The Bertz CT molecular complexity index is 351. The zero-order chi connectivity index (χ0) is 8.39. The molecule has 0 amide bonds. The van der Waals surface area contributed by atoms with E-state index in [2.05, 4.69) is 20.7 Å². The Balaban J connectivity index is 2.20. The molecule has 0 bridgehead atoms. The van der Waals surface area contributed by atoms with Crippen LogP contribution in [-0.4, -0.2) is 15.4 Å². The Morgan fingerprint density at radius 3 is 3.00 bits per heavy atom. The minimum atomic E-state index is 0.760. The van der Waals surface area contributed by atoms with Crippen molar-refractivity contribution in [3.05, 3.63) is 24.4 Å². The lowest BCUT2D eigenvalue weighted by Gasteiger charge is -1.97. The molecule has 5 nitrogen and oxygen atoms in total. The fourth-order valence-electron chi connectivity index (χ4n) is 0.893. The Morgan fingerprint density at radius 2 is 2.42 bits per heavy atom. The van der Waals surface area contributed by atoms with E-state index in [-0.39, 0.29) is 0 Å². The normalized spacial score (nSPS) is 10.1. The van der Waals surface area contributed by atoms with Crippen LogP contribution in [0.15, 0.2) is 23.1 Å². The number of rotatable bonds is 2. The fraction of sp³-hybridized carbons (Fsp3) is 0.143. The average Bonchev–Trinajstić information content (AvgIpc) is 2.65. The molecule has 0 saturated carbocycles. The highest BCUT2D eigenvalue weighted by molar-refractivity contribution is 5.58. The first kappa shape index (κ1) is 6.90. The molecule has 0 radical (unpaired) electrons. The minimum Gasteiger partial charge on any atom is -0.359 e. The van der Waals surface area contributed by atoms with Gasteiger partial charge in [-0.2, -0.15) is 5.10 Å². The number of nitrogens with zero attached hydrogens (tertiary/aromatic N) is 2. The molecule has 2 heterocycles. The van der Waals surface area contributed by atoms with Gasteiger partial charge in [0.15, 0.2) is 5.76 Å². The first-order valence-electron chi connectivity index (χ1n) is 3.53. The van der Waals surface area contributed by atoms with Crippen molar-refractivity contribution in [3.63, 3.8) is 0 Å². The van der Waals surface area contributed by atoms with Gasteiger partial charge in [-0.15, -0.1) is 0 Å². The van der Waals surface area contributed by atoms with Crippen LogP contribution < -0.4 is 5.32 Å². The zero-order valence-electron chi connectivity index (χ0n) is 6.53. The maximum absolute atomic E-state index is 4.87. The summed E-state index contributed by atoms with van der Waals surface area (Å²) in [5.74, 6) is 0.760. The van der Waals surface area contributed by atoms with E-state index in [1.54, 1.807) is 18.6 Å². The molecule has 0 aliphatic rings. The third-order valence-electron chi connectivity index (χ3n) is 1.53. The van der Waals surface area contributed by atoms with Gasteiger partial charge in [0.2, 0.25) is 0 Å². The van der Waals surface area contributed by atoms with Gasteiger partial charge in [-0.05, 0) is 6.92 Å². The molecule has 2 N–H and O–H groups in total. The number of H-pyrrole nitrogens is 1. The molecule has 0 atom stereocenters. The van der Waals surface area contributed by atoms with Crippen LogP contribution in [0.4, 0.5) is 11.4 Å². The van der Waals surface area contributed by atoms with Crippen molar-refractivity contribution < 1.29 is 4.52 Å². The third-order valence-corrected chi connectivity index (χ3v) is 1.53. The molecule has 62 valence electrons. The quantitative estimate of drug-likeness (QED) is 0.704. The molecule has 5 heteroatoms. The molecule has 0 aliphatic carbocycles. The van der Waals surface area contributed by atoms with Crippen LogP contribution in [0.2, 0.25) is 0 Å². The highest BCUT2D eigenvalue weighted by Crippen LogP contribution is 2.17. The van der Waals surface area contributed by atoms with Crippen molar-refractivity contribution >= 4 is 11.4 Å². The number of hydrogen-bond acceptors (Lipinski definition) is 4. The van der Waals surface area contributed by atoms with Crippen molar-refractivity contribution in [3.8, 4) is 0 Å². The number of aryl methyl sites for hydroxylation is 1. The first-order valence-corrected chi connectivity index (χ1v) is 3.53. The van der Waals surface area contributed by atoms with E-state index in [4.69, 9.17) is 4.52 Å². The lowest BCUT2D eigenvalue weighted by molar-refractivity contribution is 0.398. The molecule has 2 rings (SSSR count). The summed E-state index contributed by atoms with van der Waals surface area (Å²) >= 11 is 0. The smallest absolute Gasteiger partial charge is 0.157 e. The van der Waals surface area contributed by atoms with Crippen LogP contribution in [0.1, 0.15) is 5.76 Å². The standard InChI is InChI=1S/C7H8N4O/c1-5-7(4-10-12-5)11-6-2-8-9-3-6/h2-4,11H,1H3,(H,8,9). The molecule has 0 spiro atoms. The van der Waals surface area contributed by atoms with E-state index in [1.165, 1.54) is 0 Å². The lowest BCUT2D eigenvalue weighted by atomic mass is 10.4. The van der Waals surface area contributed by atoms with Gasteiger partial charge in [0.1, 0.15) is 5.69 Å². The van der Waals surface area contributed by atoms with E-state index in [0.29, 0.717) is 0 Å². The van der Waals surface area contributed by atoms with Crippen molar-refractivity contribution in [2.24, 2.45) is 0 Å². The second-order valence-corrected chi connectivity index (χ2v) is 2.41. The van der Waals surface area contributed by atoms with Gasteiger partial charge < -0.3 is 9.84 Å². The number of nitrogens with one attached hydrogen (secondary N) is 2. The first-order chi connectivity index (χ1) is 5.86. The number of aromatic amines is 1. The monoisotopic (exact) mass is 164 g/mol. The Kier molecular flexibility index (Phi) is 1.55. The van der Waals surface area contributed by atoms with Gasteiger partial charge in [-0.25, -0.2) is 0 Å². The summed E-state index contributed by atoms with van der Waals surface area (Å²) in [5.41, 5.74) is 1.75. The van der Waals surface area contributed by atoms with E-state index in [1.807, 2.05) is 6.92 Å².